The van der Waals surface area contributed by atoms with E-state index in [1.165, 1.54) is 36.4 Å². The topological polar surface area (TPSA) is 18.5 Å². The highest BCUT2D eigenvalue weighted by atomic mass is 19.1. The molecule has 1 unspecified atom stereocenters. The molecular formula is C14H12F2O2. The highest BCUT2D eigenvalue weighted by Gasteiger charge is 2.06. The molecule has 2 nitrogen and oxygen atoms in total. The van der Waals surface area contributed by atoms with E-state index in [0.29, 0.717) is 11.5 Å². The summed E-state index contributed by atoms with van der Waals surface area (Å²) < 4.78 is 36.4. The van der Waals surface area contributed by atoms with Crippen LogP contribution in [0.4, 0.5) is 8.78 Å². The highest BCUT2D eigenvalue weighted by Crippen LogP contribution is 2.17. The van der Waals surface area contributed by atoms with Crippen molar-refractivity contribution in [3.63, 3.8) is 0 Å². The third kappa shape index (κ3) is 3.45. The van der Waals surface area contributed by atoms with Gasteiger partial charge in [0.15, 0.2) is 0 Å². The second kappa shape index (κ2) is 5.49. The van der Waals surface area contributed by atoms with E-state index >= 15 is 0 Å². The van der Waals surface area contributed by atoms with E-state index in [2.05, 4.69) is 0 Å². The lowest BCUT2D eigenvalue weighted by molar-refractivity contribution is 0.0220. The standard InChI is InChI=1S/C14H12F2O2/c1-10(17-13-7-5-11(15)6-8-13)18-14-4-2-3-12(16)9-14/h2-10H,1H3. The summed E-state index contributed by atoms with van der Waals surface area (Å²) >= 11 is 0. The second-order valence-electron chi connectivity index (χ2n) is 3.71. The molecule has 2 rings (SSSR count). The van der Waals surface area contributed by atoms with Gasteiger partial charge in [-0.15, -0.1) is 0 Å². The Labute approximate surface area is 104 Å². The maximum atomic E-state index is 12.9. The predicted molar refractivity (Wildman–Crippen MR) is 63.5 cm³/mol. The Morgan fingerprint density at radius 2 is 1.50 bits per heavy atom. The Morgan fingerprint density at radius 3 is 2.17 bits per heavy atom. The largest absolute Gasteiger partial charge is 0.455 e. The molecule has 0 N–H and O–H groups in total. The number of rotatable bonds is 4. The Kier molecular flexibility index (Phi) is 3.77. The average molecular weight is 250 g/mol. The fraction of sp³-hybridized carbons (Fsp3) is 0.143. The van der Waals surface area contributed by atoms with Crippen LogP contribution in [0.1, 0.15) is 6.92 Å². The number of benzene rings is 2. The molecule has 1 atom stereocenters. The minimum atomic E-state index is -0.600. The summed E-state index contributed by atoms with van der Waals surface area (Å²) in [5.41, 5.74) is 0. The van der Waals surface area contributed by atoms with Crippen LogP contribution < -0.4 is 9.47 Å². The fourth-order valence-electron chi connectivity index (χ4n) is 1.46. The van der Waals surface area contributed by atoms with Gasteiger partial charge in [0.25, 0.3) is 0 Å². The minimum absolute atomic E-state index is 0.332. The first kappa shape index (κ1) is 12.4. The van der Waals surface area contributed by atoms with Crippen LogP contribution in [-0.2, 0) is 0 Å². The third-order valence-electron chi connectivity index (χ3n) is 2.21. The van der Waals surface area contributed by atoms with Crippen molar-refractivity contribution < 1.29 is 18.3 Å². The van der Waals surface area contributed by atoms with Crippen molar-refractivity contribution in [3.8, 4) is 11.5 Å². The van der Waals surface area contributed by atoms with E-state index in [4.69, 9.17) is 9.47 Å². The predicted octanol–water partition coefficient (Wildman–Crippen LogP) is 3.77. The van der Waals surface area contributed by atoms with Crippen LogP contribution in [0.15, 0.2) is 48.5 Å². The van der Waals surface area contributed by atoms with Gasteiger partial charge < -0.3 is 9.47 Å². The maximum Gasteiger partial charge on any atom is 0.238 e. The van der Waals surface area contributed by atoms with Gasteiger partial charge in [-0.25, -0.2) is 8.78 Å². The Balaban J connectivity index is 1.96. The Bertz CT molecular complexity index is 511. The van der Waals surface area contributed by atoms with Crippen LogP contribution in [-0.4, -0.2) is 6.29 Å². The van der Waals surface area contributed by atoms with Crippen LogP contribution in [0.2, 0.25) is 0 Å². The summed E-state index contributed by atoms with van der Waals surface area (Å²) in [7, 11) is 0. The van der Waals surface area contributed by atoms with E-state index in [9.17, 15) is 8.78 Å². The molecule has 0 aliphatic rings. The van der Waals surface area contributed by atoms with Gasteiger partial charge >= 0.3 is 0 Å². The molecule has 0 spiro atoms. The van der Waals surface area contributed by atoms with E-state index in [-0.39, 0.29) is 11.6 Å². The van der Waals surface area contributed by atoms with Gasteiger partial charge in [0.1, 0.15) is 23.1 Å². The first-order chi connectivity index (χ1) is 8.63. The van der Waals surface area contributed by atoms with Crippen LogP contribution >= 0.6 is 0 Å². The molecule has 0 fully saturated rings. The van der Waals surface area contributed by atoms with Gasteiger partial charge in [0.05, 0.1) is 0 Å². The molecule has 0 saturated carbocycles. The SMILES string of the molecule is CC(Oc1ccc(F)cc1)Oc1cccc(F)c1. The molecule has 0 heterocycles. The summed E-state index contributed by atoms with van der Waals surface area (Å²) in [6, 6.07) is 11.4. The lowest BCUT2D eigenvalue weighted by Gasteiger charge is -2.16. The molecule has 0 radical (unpaired) electrons. The monoisotopic (exact) mass is 250 g/mol. The number of ether oxygens (including phenoxy) is 2. The number of halogens is 2. The molecule has 0 aromatic heterocycles. The lowest BCUT2D eigenvalue weighted by atomic mass is 10.3. The minimum Gasteiger partial charge on any atom is -0.455 e. The van der Waals surface area contributed by atoms with Gasteiger partial charge in [-0.3, -0.25) is 0 Å². The summed E-state index contributed by atoms with van der Waals surface area (Å²) in [6.07, 6.45) is -0.600. The van der Waals surface area contributed by atoms with Crippen molar-refractivity contribution >= 4 is 0 Å². The van der Waals surface area contributed by atoms with Gasteiger partial charge in [0.2, 0.25) is 6.29 Å². The first-order valence-electron chi connectivity index (χ1n) is 5.48. The molecule has 2 aromatic carbocycles. The quantitative estimate of drug-likeness (QED) is 0.769. The summed E-state index contributed by atoms with van der Waals surface area (Å²) in [4.78, 5) is 0. The van der Waals surface area contributed by atoms with Crippen molar-refractivity contribution in [3.05, 3.63) is 60.2 Å². The fourth-order valence-corrected chi connectivity index (χ4v) is 1.46. The summed E-state index contributed by atoms with van der Waals surface area (Å²) in [6.45, 7) is 1.67. The van der Waals surface area contributed by atoms with Crippen molar-refractivity contribution in [1.29, 1.82) is 0 Å². The zero-order chi connectivity index (χ0) is 13.0. The molecule has 0 aliphatic carbocycles. The van der Waals surface area contributed by atoms with Crippen molar-refractivity contribution in [2.24, 2.45) is 0 Å². The molecule has 2 aromatic rings. The maximum absolute atomic E-state index is 12.9. The van der Waals surface area contributed by atoms with Gasteiger partial charge in [0, 0.05) is 13.0 Å². The molecule has 0 bridgehead atoms. The lowest BCUT2D eigenvalue weighted by Crippen LogP contribution is -2.19. The molecule has 94 valence electrons. The average Bonchev–Trinajstić information content (AvgIpc) is 2.32. The summed E-state index contributed by atoms with van der Waals surface area (Å²) in [5.74, 6) is 0.160. The summed E-state index contributed by atoms with van der Waals surface area (Å²) in [5, 5.41) is 0. The Hall–Kier alpha value is -2.10. The van der Waals surface area contributed by atoms with Crippen molar-refractivity contribution in [1.82, 2.24) is 0 Å². The molecule has 4 heteroatoms. The number of hydrogen-bond donors (Lipinski definition) is 0. The molecule has 0 aliphatic heterocycles. The molecule has 18 heavy (non-hydrogen) atoms. The van der Waals surface area contributed by atoms with Crippen LogP contribution in [0.25, 0.3) is 0 Å². The molecule has 0 saturated heterocycles. The molecule has 0 amide bonds. The van der Waals surface area contributed by atoms with Crippen LogP contribution in [0, 0.1) is 11.6 Å². The van der Waals surface area contributed by atoms with Crippen molar-refractivity contribution in [2.75, 3.05) is 0 Å². The van der Waals surface area contributed by atoms with E-state index in [1.54, 1.807) is 19.1 Å². The Morgan fingerprint density at radius 1 is 0.833 bits per heavy atom. The van der Waals surface area contributed by atoms with Gasteiger partial charge in [-0.05, 0) is 36.4 Å². The highest BCUT2D eigenvalue weighted by molar-refractivity contribution is 5.24. The third-order valence-corrected chi connectivity index (χ3v) is 2.21. The normalized spacial score (nSPS) is 11.9. The number of hydrogen-bond acceptors (Lipinski definition) is 2. The van der Waals surface area contributed by atoms with E-state index in [1.807, 2.05) is 0 Å². The van der Waals surface area contributed by atoms with Crippen LogP contribution in [0.5, 0.6) is 11.5 Å². The van der Waals surface area contributed by atoms with Crippen LogP contribution in [0.3, 0.4) is 0 Å². The van der Waals surface area contributed by atoms with E-state index in [0.717, 1.165) is 0 Å². The smallest absolute Gasteiger partial charge is 0.238 e. The zero-order valence-electron chi connectivity index (χ0n) is 9.77. The zero-order valence-corrected chi connectivity index (χ0v) is 9.77. The van der Waals surface area contributed by atoms with E-state index < -0.39 is 6.29 Å². The first-order valence-corrected chi connectivity index (χ1v) is 5.48. The van der Waals surface area contributed by atoms with Gasteiger partial charge in [-0.2, -0.15) is 0 Å². The van der Waals surface area contributed by atoms with Gasteiger partial charge in [-0.1, -0.05) is 6.07 Å². The van der Waals surface area contributed by atoms with Crippen molar-refractivity contribution in [2.45, 2.75) is 13.2 Å². The molecular weight excluding hydrogens is 238 g/mol. The second-order valence-corrected chi connectivity index (χ2v) is 3.71.